The van der Waals surface area contributed by atoms with Crippen molar-refractivity contribution in [1.29, 1.82) is 0 Å². The van der Waals surface area contributed by atoms with Gasteiger partial charge in [0.2, 0.25) is 0 Å². The number of likely N-dealkylation sites (N-methyl/N-ethyl adjacent to an activating group) is 1. The molecule has 0 amide bonds. The zero-order valence-corrected chi connectivity index (χ0v) is 14.2. The van der Waals surface area contributed by atoms with Crippen LogP contribution in [-0.2, 0) is 13.5 Å². The second-order valence-corrected chi connectivity index (χ2v) is 6.03. The predicted octanol–water partition coefficient (Wildman–Crippen LogP) is 3.69. The van der Waals surface area contributed by atoms with Gasteiger partial charge in [-0.05, 0) is 37.1 Å². The monoisotopic (exact) mass is 335 g/mol. The van der Waals surface area contributed by atoms with E-state index in [1.165, 1.54) is 21.2 Å². The first-order valence-corrected chi connectivity index (χ1v) is 7.78. The molecule has 1 unspecified atom stereocenters. The van der Waals surface area contributed by atoms with Gasteiger partial charge >= 0.3 is 0 Å². The molecule has 0 saturated carbocycles. The van der Waals surface area contributed by atoms with E-state index in [9.17, 15) is 0 Å². The van der Waals surface area contributed by atoms with Crippen molar-refractivity contribution in [2.45, 2.75) is 33.2 Å². The summed E-state index contributed by atoms with van der Waals surface area (Å²) in [4.78, 5) is 4.44. The Labute approximate surface area is 129 Å². The van der Waals surface area contributed by atoms with Crippen molar-refractivity contribution in [2.75, 3.05) is 6.54 Å². The van der Waals surface area contributed by atoms with E-state index >= 15 is 0 Å². The molecule has 1 N–H and O–H groups in total. The number of nitrogens with zero attached hydrogens (tertiary/aromatic N) is 2. The van der Waals surface area contributed by atoms with Gasteiger partial charge in [-0.25, -0.2) is 4.98 Å². The molecule has 0 aliphatic rings. The van der Waals surface area contributed by atoms with Gasteiger partial charge in [-0.1, -0.05) is 35.0 Å². The van der Waals surface area contributed by atoms with Crippen LogP contribution in [-0.4, -0.2) is 16.1 Å². The van der Waals surface area contributed by atoms with Crippen LogP contribution in [0, 0.1) is 13.8 Å². The lowest BCUT2D eigenvalue weighted by Gasteiger charge is -2.20. The van der Waals surface area contributed by atoms with Crippen molar-refractivity contribution >= 4 is 15.9 Å². The number of imidazole rings is 1. The van der Waals surface area contributed by atoms with Crippen LogP contribution in [0.1, 0.15) is 35.5 Å². The summed E-state index contributed by atoms with van der Waals surface area (Å²) in [6, 6.07) is 4.81. The maximum absolute atomic E-state index is 4.44. The number of aromatic nitrogens is 2. The van der Waals surface area contributed by atoms with Gasteiger partial charge in [0.05, 0.1) is 0 Å². The van der Waals surface area contributed by atoms with Gasteiger partial charge in [-0.3, -0.25) is 0 Å². The molecule has 3 nitrogen and oxygen atoms in total. The summed E-state index contributed by atoms with van der Waals surface area (Å²) >= 11 is 3.64. The van der Waals surface area contributed by atoms with Crippen LogP contribution >= 0.6 is 15.9 Å². The van der Waals surface area contributed by atoms with Gasteiger partial charge < -0.3 is 9.88 Å². The molecule has 4 heteroatoms. The third-order valence-electron chi connectivity index (χ3n) is 3.62. The minimum absolute atomic E-state index is 0.298. The van der Waals surface area contributed by atoms with E-state index in [1.807, 2.05) is 19.4 Å². The lowest BCUT2D eigenvalue weighted by atomic mass is 9.98. The Balaban J connectivity index is 2.31. The van der Waals surface area contributed by atoms with Crippen LogP contribution in [0.5, 0.6) is 0 Å². The molecule has 0 fully saturated rings. The van der Waals surface area contributed by atoms with E-state index in [2.05, 4.69) is 63.7 Å². The predicted molar refractivity (Wildman–Crippen MR) is 86.9 cm³/mol. The lowest BCUT2D eigenvalue weighted by molar-refractivity contribution is 0.528. The van der Waals surface area contributed by atoms with E-state index in [-0.39, 0.29) is 0 Å². The van der Waals surface area contributed by atoms with Crippen molar-refractivity contribution in [3.8, 4) is 0 Å². The molecule has 1 heterocycles. The molecule has 2 rings (SSSR count). The largest absolute Gasteiger partial charge is 0.338 e. The topological polar surface area (TPSA) is 29.9 Å². The van der Waals surface area contributed by atoms with Gasteiger partial charge in [-0.2, -0.15) is 0 Å². The molecule has 0 bridgehead atoms. The van der Waals surface area contributed by atoms with Crippen LogP contribution < -0.4 is 5.32 Å². The number of rotatable bonds is 5. The first kappa shape index (κ1) is 15.3. The van der Waals surface area contributed by atoms with Crippen molar-refractivity contribution in [2.24, 2.45) is 7.05 Å². The van der Waals surface area contributed by atoms with Gasteiger partial charge in [0.25, 0.3) is 0 Å². The van der Waals surface area contributed by atoms with Crippen LogP contribution in [0.3, 0.4) is 0 Å². The zero-order valence-electron chi connectivity index (χ0n) is 12.6. The summed E-state index contributed by atoms with van der Waals surface area (Å²) in [6.45, 7) is 7.38. The number of halogens is 1. The molecule has 108 valence electrons. The Bertz CT molecular complexity index is 566. The van der Waals surface area contributed by atoms with Crippen LogP contribution in [0.25, 0.3) is 0 Å². The maximum atomic E-state index is 4.44. The van der Waals surface area contributed by atoms with Crippen molar-refractivity contribution < 1.29 is 0 Å². The fourth-order valence-corrected chi connectivity index (χ4v) is 2.74. The van der Waals surface area contributed by atoms with Crippen molar-refractivity contribution in [3.63, 3.8) is 0 Å². The fourth-order valence-electron chi connectivity index (χ4n) is 2.51. The summed E-state index contributed by atoms with van der Waals surface area (Å²) in [6.07, 6.45) is 4.75. The van der Waals surface area contributed by atoms with Crippen molar-refractivity contribution in [3.05, 3.63) is 51.5 Å². The maximum Gasteiger partial charge on any atom is 0.110 e. The average Bonchev–Trinajstić information content (AvgIpc) is 2.80. The van der Waals surface area contributed by atoms with E-state index in [4.69, 9.17) is 0 Å². The smallest absolute Gasteiger partial charge is 0.110 e. The minimum Gasteiger partial charge on any atom is -0.338 e. The highest BCUT2D eigenvalue weighted by molar-refractivity contribution is 9.10. The Morgan fingerprint density at radius 1 is 1.30 bits per heavy atom. The second kappa shape index (κ2) is 6.55. The third-order valence-corrected chi connectivity index (χ3v) is 4.87. The molecule has 0 aliphatic carbocycles. The van der Waals surface area contributed by atoms with Gasteiger partial charge in [0.15, 0.2) is 0 Å². The zero-order chi connectivity index (χ0) is 14.7. The van der Waals surface area contributed by atoms with E-state index < -0.39 is 0 Å². The highest BCUT2D eigenvalue weighted by Gasteiger charge is 2.15. The van der Waals surface area contributed by atoms with Crippen LogP contribution in [0.2, 0.25) is 0 Å². The van der Waals surface area contributed by atoms with E-state index in [0.717, 1.165) is 18.8 Å². The van der Waals surface area contributed by atoms with Gasteiger partial charge in [-0.15, -0.1) is 0 Å². The quantitative estimate of drug-likeness (QED) is 0.902. The summed E-state index contributed by atoms with van der Waals surface area (Å²) in [5.74, 6) is 1.11. The molecule has 0 radical (unpaired) electrons. The first-order valence-electron chi connectivity index (χ1n) is 6.99. The molecule has 0 aliphatic heterocycles. The normalized spacial score (nSPS) is 12.7. The second-order valence-electron chi connectivity index (χ2n) is 5.24. The lowest BCUT2D eigenvalue weighted by Crippen LogP contribution is -2.24. The Kier molecular flexibility index (Phi) is 5.00. The number of nitrogens with one attached hydrogen (secondary N) is 1. The summed E-state index contributed by atoms with van der Waals surface area (Å²) in [5.41, 5.74) is 3.89. The molecule has 0 spiro atoms. The fraction of sp³-hybridized carbons (Fsp3) is 0.438. The molecule has 1 atom stereocenters. The Morgan fingerprint density at radius 3 is 2.45 bits per heavy atom. The molecule has 0 saturated heterocycles. The number of benzene rings is 1. The molecule has 1 aromatic carbocycles. The van der Waals surface area contributed by atoms with E-state index in [1.54, 1.807) is 0 Å². The molecule has 1 aromatic heterocycles. The van der Waals surface area contributed by atoms with Crippen LogP contribution in [0.15, 0.2) is 29.0 Å². The number of hydrogen-bond donors (Lipinski definition) is 1. The average molecular weight is 336 g/mol. The third kappa shape index (κ3) is 3.30. The highest BCUT2D eigenvalue weighted by atomic mass is 79.9. The van der Waals surface area contributed by atoms with Gasteiger partial charge in [0.1, 0.15) is 5.82 Å². The number of hydrogen-bond acceptors (Lipinski definition) is 2. The minimum atomic E-state index is 0.298. The van der Waals surface area contributed by atoms with Crippen LogP contribution in [0.4, 0.5) is 0 Å². The molecular formula is C16H22BrN3. The number of aryl methyl sites for hydroxylation is 3. The highest BCUT2D eigenvalue weighted by Crippen LogP contribution is 2.27. The van der Waals surface area contributed by atoms with Crippen molar-refractivity contribution in [1.82, 2.24) is 14.9 Å². The summed E-state index contributed by atoms with van der Waals surface area (Å²) in [5, 5.41) is 3.57. The summed E-state index contributed by atoms with van der Waals surface area (Å²) < 4.78 is 3.29. The Hall–Kier alpha value is -1.13. The standard InChI is InChI=1S/C16H22BrN3/c1-5-18-14(10-15-19-6-7-20(15)4)13-8-11(2)16(17)12(3)9-13/h6-9,14,18H,5,10H2,1-4H3. The molecular weight excluding hydrogens is 314 g/mol. The first-order chi connectivity index (χ1) is 9.52. The van der Waals surface area contributed by atoms with Gasteiger partial charge in [0, 0.05) is 36.4 Å². The summed E-state index contributed by atoms with van der Waals surface area (Å²) in [7, 11) is 2.05. The molecule has 20 heavy (non-hydrogen) atoms. The Morgan fingerprint density at radius 2 is 1.95 bits per heavy atom. The van der Waals surface area contributed by atoms with E-state index in [0.29, 0.717) is 6.04 Å². The molecule has 2 aromatic rings. The SMILES string of the molecule is CCNC(Cc1nccn1C)c1cc(C)c(Br)c(C)c1.